The maximum Gasteiger partial charge on any atom is 0.152 e. The van der Waals surface area contributed by atoms with Crippen LogP contribution in [0.5, 0.6) is 0 Å². The van der Waals surface area contributed by atoms with E-state index in [4.69, 9.17) is 5.73 Å². The lowest BCUT2D eigenvalue weighted by atomic mass is 10.2. The van der Waals surface area contributed by atoms with E-state index in [1.807, 2.05) is 6.92 Å². The molecule has 0 saturated heterocycles. The molecule has 0 bridgehead atoms. The van der Waals surface area contributed by atoms with Gasteiger partial charge in [0.05, 0.1) is 11.0 Å². The van der Waals surface area contributed by atoms with E-state index in [9.17, 15) is 0 Å². The van der Waals surface area contributed by atoms with E-state index >= 15 is 0 Å². The van der Waals surface area contributed by atoms with Crippen molar-refractivity contribution in [3.63, 3.8) is 0 Å². The molecule has 0 spiro atoms. The summed E-state index contributed by atoms with van der Waals surface area (Å²) < 4.78 is 0. The number of hydrogen-bond acceptors (Lipinski definition) is 3. The summed E-state index contributed by atoms with van der Waals surface area (Å²) in [6.07, 6.45) is 3.10. The number of fused-ring (bicyclic) bond motifs is 1. The summed E-state index contributed by atoms with van der Waals surface area (Å²) in [5, 5.41) is 1.80. The molecule has 0 atom stereocenters. The van der Waals surface area contributed by atoms with Crippen LogP contribution in [0.15, 0.2) is 18.7 Å². The Morgan fingerprint density at radius 3 is 2.64 bits per heavy atom. The van der Waals surface area contributed by atoms with Gasteiger partial charge in [-0.25, -0.2) is 9.97 Å². The zero-order chi connectivity index (χ0) is 10.3. The second-order valence-corrected chi connectivity index (χ2v) is 3.22. The summed E-state index contributed by atoms with van der Waals surface area (Å²) in [6.45, 7) is 9.46. The second kappa shape index (κ2) is 2.80. The van der Waals surface area contributed by atoms with Gasteiger partial charge in [-0.1, -0.05) is 13.2 Å². The van der Waals surface area contributed by atoms with Gasteiger partial charge in [0.2, 0.25) is 0 Å². The van der Waals surface area contributed by atoms with Crippen molar-refractivity contribution >= 4 is 17.8 Å². The Kier molecular flexibility index (Phi) is 1.74. The third kappa shape index (κ3) is 1.06. The quantitative estimate of drug-likeness (QED) is 0.700. The molecule has 14 heavy (non-hydrogen) atoms. The monoisotopic (exact) mass is 185 g/mol. The topological polar surface area (TPSA) is 51.8 Å². The van der Waals surface area contributed by atoms with Crippen LogP contribution >= 0.6 is 0 Å². The predicted octanol–water partition coefficient (Wildman–Crippen LogP) is -0.0952. The minimum atomic E-state index is 0.608. The Bertz CT molecular complexity index is 553. The first-order chi connectivity index (χ1) is 6.69. The van der Waals surface area contributed by atoms with E-state index in [2.05, 4.69) is 23.1 Å². The van der Waals surface area contributed by atoms with E-state index in [1.54, 1.807) is 6.08 Å². The summed E-state index contributed by atoms with van der Waals surface area (Å²) >= 11 is 0. The highest BCUT2D eigenvalue weighted by Crippen LogP contribution is 2.21. The molecule has 2 N–H and O–H groups in total. The van der Waals surface area contributed by atoms with Crippen molar-refractivity contribution in [3.05, 3.63) is 40.8 Å². The fourth-order valence-electron chi connectivity index (χ4n) is 1.49. The van der Waals surface area contributed by atoms with Gasteiger partial charge in [-0.05, 0) is 18.6 Å². The lowest BCUT2D eigenvalue weighted by Gasteiger charge is -1.88. The van der Waals surface area contributed by atoms with E-state index in [1.165, 1.54) is 6.20 Å². The van der Waals surface area contributed by atoms with Gasteiger partial charge in [-0.15, -0.1) is 0 Å². The number of nitrogens with two attached hydrogens (primary N) is 1. The van der Waals surface area contributed by atoms with Gasteiger partial charge in [-0.2, -0.15) is 0 Å². The summed E-state index contributed by atoms with van der Waals surface area (Å²) in [4.78, 5) is 8.52. The third-order valence-corrected chi connectivity index (χ3v) is 2.15. The number of nitrogens with zero attached hydrogens (tertiary/aromatic N) is 2. The van der Waals surface area contributed by atoms with Gasteiger partial charge >= 0.3 is 0 Å². The van der Waals surface area contributed by atoms with Gasteiger partial charge in [0, 0.05) is 17.0 Å². The minimum absolute atomic E-state index is 0.608. The van der Waals surface area contributed by atoms with Crippen LogP contribution in [0.2, 0.25) is 0 Å². The largest absolute Gasteiger partial charge is 0.403 e. The second-order valence-electron chi connectivity index (χ2n) is 3.22. The molecule has 3 heteroatoms. The van der Waals surface area contributed by atoms with Crippen LogP contribution in [0.3, 0.4) is 0 Å². The number of rotatable bonds is 2. The molecule has 70 valence electrons. The van der Waals surface area contributed by atoms with Crippen molar-refractivity contribution in [2.45, 2.75) is 6.92 Å². The summed E-state index contributed by atoms with van der Waals surface area (Å²) in [6, 6.07) is 0. The Morgan fingerprint density at radius 1 is 1.43 bits per heavy atom. The first-order valence-corrected chi connectivity index (χ1v) is 4.32. The fraction of sp³-hybridized carbons (Fsp3) is 0.0909. The first-order valence-electron chi connectivity index (χ1n) is 4.32. The lowest BCUT2D eigenvalue weighted by Crippen LogP contribution is -2.25. The first kappa shape index (κ1) is 8.69. The highest BCUT2D eigenvalue weighted by Gasteiger charge is 2.23. The summed E-state index contributed by atoms with van der Waals surface area (Å²) in [5.74, 6) is 0.608. The molecule has 0 saturated carbocycles. The van der Waals surface area contributed by atoms with Crippen LogP contribution < -0.4 is 16.3 Å². The zero-order valence-electron chi connectivity index (χ0n) is 8.04. The summed E-state index contributed by atoms with van der Waals surface area (Å²) in [7, 11) is 0. The fourth-order valence-corrected chi connectivity index (χ4v) is 1.49. The van der Waals surface area contributed by atoms with Crippen molar-refractivity contribution in [1.29, 1.82) is 0 Å². The highest BCUT2D eigenvalue weighted by molar-refractivity contribution is 5.88. The van der Waals surface area contributed by atoms with Crippen LogP contribution in [0.4, 0.5) is 0 Å². The van der Waals surface area contributed by atoms with E-state index in [0.29, 0.717) is 5.82 Å². The van der Waals surface area contributed by atoms with Crippen molar-refractivity contribution in [1.82, 2.24) is 9.97 Å². The molecule has 1 heterocycles. The maximum absolute atomic E-state index is 5.48. The average Bonchev–Trinajstić information content (AvgIpc) is 2.89. The molecule has 0 aromatic carbocycles. The molecule has 0 fully saturated rings. The minimum Gasteiger partial charge on any atom is -0.403 e. The van der Waals surface area contributed by atoms with Crippen molar-refractivity contribution < 1.29 is 0 Å². The van der Waals surface area contributed by atoms with Gasteiger partial charge in [0.1, 0.15) is 0 Å². The lowest BCUT2D eigenvalue weighted by molar-refractivity contribution is 1.09. The molecule has 0 unspecified atom stereocenters. The predicted molar refractivity (Wildman–Crippen MR) is 57.3 cm³/mol. The highest BCUT2D eigenvalue weighted by atomic mass is 14.9. The molecule has 0 aliphatic heterocycles. The molecule has 1 aromatic heterocycles. The Morgan fingerprint density at radius 2 is 2.14 bits per heavy atom. The van der Waals surface area contributed by atoms with Crippen molar-refractivity contribution in [2.24, 2.45) is 5.73 Å². The van der Waals surface area contributed by atoms with Gasteiger partial charge in [0.15, 0.2) is 5.82 Å². The Balaban J connectivity index is 2.73. The molecule has 2 rings (SSSR count). The third-order valence-electron chi connectivity index (χ3n) is 2.15. The van der Waals surface area contributed by atoms with E-state index < -0.39 is 0 Å². The molecule has 1 aliphatic carbocycles. The van der Waals surface area contributed by atoms with Crippen LogP contribution in [-0.2, 0) is 0 Å². The van der Waals surface area contributed by atoms with E-state index in [-0.39, 0.29) is 0 Å². The zero-order valence-corrected chi connectivity index (χ0v) is 8.04. The average molecular weight is 185 g/mol. The molecule has 0 amide bonds. The smallest absolute Gasteiger partial charge is 0.152 e. The Hall–Kier alpha value is -1.90. The van der Waals surface area contributed by atoms with Gasteiger partial charge in [0.25, 0.3) is 0 Å². The molecule has 1 aromatic rings. The van der Waals surface area contributed by atoms with Gasteiger partial charge < -0.3 is 5.73 Å². The Labute approximate surface area is 82.0 Å². The van der Waals surface area contributed by atoms with Crippen molar-refractivity contribution in [2.75, 3.05) is 0 Å². The van der Waals surface area contributed by atoms with Crippen LogP contribution in [0.1, 0.15) is 18.4 Å². The maximum atomic E-state index is 5.48. The molecule has 1 aliphatic rings. The van der Waals surface area contributed by atoms with Crippen molar-refractivity contribution in [3.8, 4) is 0 Å². The van der Waals surface area contributed by atoms with E-state index in [0.717, 1.165) is 27.4 Å². The number of hydrogen-bond donors (Lipinski definition) is 1. The van der Waals surface area contributed by atoms with Crippen LogP contribution in [0, 0.1) is 0 Å². The molecule has 0 radical (unpaired) electrons. The normalized spacial score (nSPS) is 13.8. The summed E-state index contributed by atoms with van der Waals surface area (Å²) in [5.41, 5.74) is 8.52. The molecular weight excluding hydrogens is 174 g/mol. The molecular formula is C11H11N3. The standard InChI is InChI=1S/C11H11N3/c1-4-8-13-7(5-12)10-9(6(2)3)11(10)14-8/h4-5H,1-2,12H2,3H3/b7-5+. The SMILES string of the molecule is C=Cc1nc2c(/c(=C\N)n1)=C2C(=C)C. The van der Waals surface area contributed by atoms with Crippen LogP contribution in [-0.4, -0.2) is 9.97 Å². The number of allylic oxidation sites excluding steroid dienone is 1. The number of aromatic nitrogens is 2. The van der Waals surface area contributed by atoms with Crippen LogP contribution in [0.25, 0.3) is 17.8 Å². The molecule has 3 nitrogen and oxygen atoms in total. The van der Waals surface area contributed by atoms with Gasteiger partial charge in [-0.3, -0.25) is 0 Å².